The van der Waals surface area contributed by atoms with Gasteiger partial charge in [0.15, 0.2) is 5.84 Å². The molecule has 0 radical (unpaired) electrons. The number of allylic oxidation sites excluding steroid dienone is 2. The number of hydrogen-bond acceptors (Lipinski definition) is 7. The molecule has 0 saturated carbocycles. The van der Waals surface area contributed by atoms with Crippen LogP contribution in [-0.2, 0) is 5.54 Å². The number of dihydropyridines is 1. The van der Waals surface area contributed by atoms with Gasteiger partial charge in [-0.1, -0.05) is 54.6 Å². The first-order valence-electron chi connectivity index (χ1n) is 14.4. The molecule has 9 heteroatoms. The third-order valence-corrected chi connectivity index (χ3v) is 8.36. The summed E-state index contributed by atoms with van der Waals surface area (Å²) in [6.45, 7) is 6.49. The predicted molar refractivity (Wildman–Crippen MR) is 177 cm³/mol. The molecule has 4 unspecified atom stereocenters. The van der Waals surface area contributed by atoms with Gasteiger partial charge in [-0.15, -0.1) is 9.24 Å². The van der Waals surface area contributed by atoms with Crippen molar-refractivity contribution >= 4 is 26.1 Å². The van der Waals surface area contributed by atoms with E-state index in [2.05, 4.69) is 128 Å². The number of nitrogens with zero attached hydrogens (tertiary/aromatic N) is 4. The second-order valence-electron chi connectivity index (χ2n) is 11.2. The molecule has 2 aliphatic heterocycles. The summed E-state index contributed by atoms with van der Waals surface area (Å²) in [5.41, 5.74) is 9.28. The van der Waals surface area contributed by atoms with E-state index in [4.69, 9.17) is 5.10 Å². The molecule has 0 spiro atoms. The Morgan fingerprint density at radius 1 is 1.12 bits per heavy atom. The number of rotatable bonds is 8. The SMILES string of the molecule is Cc1ccccc1NC1=CC[C@H](C(C)N/N=C(/c2ccc(P)cc2)N(C)C)NC1(C1=CC=CNC1C)c1cncnc1. The highest BCUT2D eigenvalue weighted by Gasteiger charge is 2.47. The molecule has 3 aromatic rings. The van der Waals surface area contributed by atoms with Gasteiger partial charge in [-0.2, -0.15) is 5.10 Å². The number of amidine groups is 1. The van der Waals surface area contributed by atoms with Crippen LogP contribution < -0.4 is 26.7 Å². The van der Waals surface area contributed by atoms with Gasteiger partial charge in [0.05, 0.1) is 6.04 Å². The fourth-order valence-corrected chi connectivity index (χ4v) is 5.82. The highest BCUT2D eigenvalue weighted by atomic mass is 31.0. The zero-order chi connectivity index (χ0) is 29.7. The van der Waals surface area contributed by atoms with Gasteiger partial charge >= 0.3 is 0 Å². The second-order valence-corrected chi connectivity index (χ2v) is 11.8. The van der Waals surface area contributed by atoms with E-state index in [1.807, 2.05) is 37.6 Å². The maximum Gasteiger partial charge on any atom is 0.155 e. The number of para-hydroxylation sites is 1. The molecule has 0 amide bonds. The molecule has 0 aliphatic carbocycles. The van der Waals surface area contributed by atoms with E-state index in [0.717, 1.165) is 40.1 Å². The minimum absolute atomic E-state index is 0.00391. The van der Waals surface area contributed by atoms with Crippen LogP contribution >= 0.6 is 9.24 Å². The molecule has 5 atom stereocenters. The van der Waals surface area contributed by atoms with Gasteiger partial charge in [0.25, 0.3) is 0 Å². The van der Waals surface area contributed by atoms with Crippen LogP contribution in [0.15, 0.2) is 108 Å². The second kappa shape index (κ2) is 12.9. The van der Waals surface area contributed by atoms with Gasteiger partial charge in [0.2, 0.25) is 0 Å². The van der Waals surface area contributed by atoms with Crippen LogP contribution in [0.5, 0.6) is 0 Å². The van der Waals surface area contributed by atoms with Gasteiger partial charge in [-0.25, -0.2) is 9.97 Å². The summed E-state index contributed by atoms with van der Waals surface area (Å²) < 4.78 is 0. The van der Waals surface area contributed by atoms with E-state index in [9.17, 15) is 0 Å². The van der Waals surface area contributed by atoms with Crippen LogP contribution in [0.25, 0.3) is 0 Å². The molecule has 1 aromatic heterocycles. The van der Waals surface area contributed by atoms with E-state index in [-0.39, 0.29) is 18.1 Å². The van der Waals surface area contributed by atoms with Crippen LogP contribution in [0.1, 0.15) is 37.0 Å². The first-order chi connectivity index (χ1) is 20.3. The largest absolute Gasteiger partial charge is 0.385 e. The third-order valence-electron chi connectivity index (χ3n) is 7.98. The van der Waals surface area contributed by atoms with Crippen molar-refractivity contribution in [2.24, 2.45) is 5.10 Å². The van der Waals surface area contributed by atoms with Gasteiger partial charge < -0.3 is 21.0 Å². The van der Waals surface area contributed by atoms with Crippen LogP contribution in [-0.4, -0.2) is 52.9 Å². The molecule has 0 bridgehead atoms. The van der Waals surface area contributed by atoms with E-state index in [1.165, 1.54) is 11.1 Å². The van der Waals surface area contributed by atoms with Gasteiger partial charge in [-0.3, -0.25) is 5.32 Å². The fraction of sp³-hybridized carbons (Fsp3) is 0.303. The van der Waals surface area contributed by atoms with Crippen molar-refractivity contribution in [3.8, 4) is 0 Å². The molecule has 2 aliphatic rings. The summed E-state index contributed by atoms with van der Waals surface area (Å²) in [6.07, 6.45) is 14.8. The number of benzene rings is 2. The molecule has 5 rings (SSSR count). The van der Waals surface area contributed by atoms with Crippen molar-refractivity contribution in [1.82, 2.24) is 30.9 Å². The summed E-state index contributed by atoms with van der Waals surface area (Å²) >= 11 is 0. The predicted octanol–water partition coefficient (Wildman–Crippen LogP) is 4.17. The molecule has 218 valence electrons. The molecular weight excluding hydrogens is 539 g/mol. The first kappa shape index (κ1) is 29.5. The zero-order valence-corrected chi connectivity index (χ0v) is 26.1. The summed E-state index contributed by atoms with van der Waals surface area (Å²) in [6, 6.07) is 16.9. The van der Waals surface area contributed by atoms with Crippen molar-refractivity contribution in [1.29, 1.82) is 0 Å². The molecule has 4 N–H and O–H groups in total. The average Bonchev–Trinajstić information content (AvgIpc) is 3.00. The Morgan fingerprint density at radius 2 is 1.86 bits per heavy atom. The van der Waals surface area contributed by atoms with Crippen molar-refractivity contribution < 1.29 is 0 Å². The van der Waals surface area contributed by atoms with Crippen LogP contribution in [0.2, 0.25) is 0 Å². The lowest BCUT2D eigenvalue weighted by Gasteiger charge is -2.48. The van der Waals surface area contributed by atoms with E-state index in [1.54, 1.807) is 6.33 Å². The summed E-state index contributed by atoms with van der Waals surface area (Å²) in [5, 5.41) is 17.4. The van der Waals surface area contributed by atoms with Crippen molar-refractivity contribution in [3.63, 3.8) is 0 Å². The van der Waals surface area contributed by atoms with Gasteiger partial charge in [0.1, 0.15) is 11.9 Å². The highest BCUT2D eigenvalue weighted by Crippen LogP contribution is 2.43. The van der Waals surface area contributed by atoms with Crippen molar-refractivity contribution in [2.75, 3.05) is 19.4 Å². The van der Waals surface area contributed by atoms with Gasteiger partial charge in [-0.05, 0) is 62.0 Å². The van der Waals surface area contributed by atoms with Crippen LogP contribution in [0, 0.1) is 6.92 Å². The number of hydrogen-bond donors (Lipinski definition) is 4. The highest BCUT2D eigenvalue weighted by molar-refractivity contribution is 7.27. The Hall–Kier alpha value is -4.00. The number of hydrazone groups is 1. The Bertz CT molecular complexity index is 1500. The van der Waals surface area contributed by atoms with E-state index >= 15 is 0 Å². The third kappa shape index (κ3) is 6.10. The maximum atomic E-state index is 4.89. The molecule has 8 nitrogen and oxygen atoms in total. The maximum absolute atomic E-state index is 4.89. The number of aryl methyl sites for hydroxylation is 1. The topological polar surface area (TPSA) is 89.5 Å². The van der Waals surface area contributed by atoms with Crippen LogP contribution in [0.4, 0.5) is 5.69 Å². The number of nitrogens with one attached hydrogen (secondary N) is 4. The quantitative estimate of drug-likeness (QED) is 0.138. The molecule has 0 saturated heterocycles. The van der Waals surface area contributed by atoms with Crippen molar-refractivity contribution in [3.05, 3.63) is 120 Å². The van der Waals surface area contributed by atoms with Gasteiger partial charge in [0, 0.05) is 61.1 Å². The zero-order valence-electron chi connectivity index (χ0n) is 25.0. The van der Waals surface area contributed by atoms with E-state index < -0.39 is 5.54 Å². The molecule has 2 aromatic carbocycles. The summed E-state index contributed by atoms with van der Waals surface area (Å²) in [7, 11) is 6.77. The minimum atomic E-state index is -0.706. The molecule has 42 heavy (non-hydrogen) atoms. The smallest absolute Gasteiger partial charge is 0.155 e. The number of anilines is 1. The van der Waals surface area contributed by atoms with E-state index in [0.29, 0.717) is 0 Å². The normalized spacial score (nSPS) is 22.9. The minimum Gasteiger partial charge on any atom is -0.385 e. The Kier molecular flexibility index (Phi) is 9.05. The standard InChI is InChI=1S/C33H41N8P/c1-22-9-6-7-11-29(22)37-31-17-16-30(24(3)39-40-32(41(4)5)25-12-14-27(42)15-13-25)38-33(31,26-19-34-21-35-20-26)28-10-8-18-36-23(28)2/h6-15,17-21,23-24,30,36-39H,16,42H2,1-5H3/b40-32-/t23?,24?,30-,33?/m1/s1. The average molecular weight is 581 g/mol. The summed E-state index contributed by atoms with van der Waals surface area (Å²) in [5.74, 6) is 0.876. The Morgan fingerprint density at radius 3 is 2.55 bits per heavy atom. The summed E-state index contributed by atoms with van der Waals surface area (Å²) in [4.78, 5) is 10.9. The van der Waals surface area contributed by atoms with Crippen molar-refractivity contribution in [2.45, 2.75) is 50.9 Å². The Labute approximate surface area is 251 Å². The monoisotopic (exact) mass is 580 g/mol. The fourth-order valence-electron chi connectivity index (χ4n) is 5.63. The Balaban J connectivity index is 1.55. The first-order valence-corrected chi connectivity index (χ1v) is 14.9. The lowest BCUT2D eigenvalue weighted by atomic mass is 9.73. The lowest BCUT2D eigenvalue weighted by Crippen LogP contribution is -2.61. The molecule has 3 heterocycles. The van der Waals surface area contributed by atoms with Crippen LogP contribution in [0.3, 0.4) is 0 Å². The molecular formula is C33H41N8P. The molecule has 0 fully saturated rings. The number of aromatic nitrogens is 2. The lowest BCUT2D eigenvalue weighted by molar-refractivity contribution is 0.292.